The van der Waals surface area contributed by atoms with Crippen LogP contribution in [0, 0.1) is 5.82 Å². The maximum Gasteiger partial charge on any atom is 0.328 e. The highest BCUT2D eigenvalue weighted by molar-refractivity contribution is 5.87. The number of likely N-dealkylation sites (N-methyl/N-ethyl adjacent to an activating group) is 1. The normalized spacial score (nSPS) is 18.9. The molecule has 1 aliphatic rings. The molecule has 0 saturated carbocycles. The van der Waals surface area contributed by atoms with E-state index in [1.165, 1.54) is 18.2 Å². The van der Waals surface area contributed by atoms with Crippen molar-refractivity contribution in [2.24, 2.45) is 0 Å². The molecule has 5 heteroatoms. The van der Waals surface area contributed by atoms with Crippen molar-refractivity contribution in [1.82, 2.24) is 0 Å². The third-order valence-corrected chi connectivity index (χ3v) is 3.23. The van der Waals surface area contributed by atoms with E-state index in [0.717, 1.165) is 24.8 Å². The van der Waals surface area contributed by atoms with Gasteiger partial charge in [0.15, 0.2) is 0 Å². The van der Waals surface area contributed by atoms with Gasteiger partial charge < -0.3 is 14.7 Å². The average molecular weight is 265 g/mol. The van der Waals surface area contributed by atoms with E-state index in [1.807, 2.05) is 11.9 Å². The van der Waals surface area contributed by atoms with Crippen LogP contribution in [0.15, 0.2) is 24.3 Å². The molecule has 4 nitrogen and oxygen atoms in total. The van der Waals surface area contributed by atoms with Gasteiger partial charge in [0, 0.05) is 31.0 Å². The van der Waals surface area contributed by atoms with Gasteiger partial charge in [-0.3, -0.25) is 0 Å². The molecular formula is C14H16FNO3. The van der Waals surface area contributed by atoms with E-state index in [-0.39, 0.29) is 11.9 Å². The second-order valence-electron chi connectivity index (χ2n) is 4.50. The van der Waals surface area contributed by atoms with Crippen molar-refractivity contribution < 1.29 is 19.0 Å². The number of benzene rings is 1. The molecule has 0 bridgehead atoms. The third-order valence-electron chi connectivity index (χ3n) is 3.23. The van der Waals surface area contributed by atoms with Crippen LogP contribution in [0.2, 0.25) is 0 Å². The lowest BCUT2D eigenvalue weighted by atomic mass is 10.1. The number of carboxylic acid groups (broad SMARTS) is 1. The number of carboxylic acids is 1. The number of aliphatic carboxylic acids is 1. The van der Waals surface area contributed by atoms with E-state index in [4.69, 9.17) is 9.84 Å². The number of halogens is 1. The number of hydrogen-bond acceptors (Lipinski definition) is 3. The minimum Gasteiger partial charge on any atom is -0.478 e. The topological polar surface area (TPSA) is 49.8 Å². The van der Waals surface area contributed by atoms with Gasteiger partial charge in [-0.05, 0) is 30.7 Å². The second-order valence-corrected chi connectivity index (χ2v) is 4.50. The fourth-order valence-corrected chi connectivity index (χ4v) is 2.17. The lowest BCUT2D eigenvalue weighted by molar-refractivity contribution is -0.131. The second kappa shape index (κ2) is 5.84. The van der Waals surface area contributed by atoms with Crippen LogP contribution in [0.25, 0.3) is 6.08 Å². The Morgan fingerprint density at radius 3 is 3.00 bits per heavy atom. The molecule has 0 amide bonds. The van der Waals surface area contributed by atoms with Crippen LogP contribution in [0.5, 0.6) is 0 Å². The molecule has 1 unspecified atom stereocenters. The number of anilines is 1. The summed E-state index contributed by atoms with van der Waals surface area (Å²) in [6.07, 6.45) is 3.33. The number of carbonyl (C=O) groups is 1. The lowest BCUT2D eigenvalue weighted by Gasteiger charge is -2.27. The summed E-state index contributed by atoms with van der Waals surface area (Å²) in [6, 6.07) is 4.61. The first-order valence-electron chi connectivity index (χ1n) is 6.09. The first-order chi connectivity index (χ1) is 9.08. The molecule has 102 valence electrons. The molecule has 1 aliphatic heterocycles. The van der Waals surface area contributed by atoms with E-state index in [9.17, 15) is 9.18 Å². The van der Waals surface area contributed by atoms with Crippen LogP contribution in [-0.4, -0.2) is 37.4 Å². The largest absolute Gasteiger partial charge is 0.478 e. The summed E-state index contributed by atoms with van der Waals surface area (Å²) in [5, 5.41) is 8.67. The predicted octanol–water partition coefficient (Wildman–Crippen LogP) is 2.15. The Morgan fingerprint density at radius 1 is 1.58 bits per heavy atom. The van der Waals surface area contributed by atoms with E-state index in [2.05, 4.69) is 0 Å². The Kier molecular flexibility index (Phi) is 4.16. The fourth-order valence-electron chi connectivity index (χ4n) is 2.17. The standard InChI is InChI=1S/C14H16FNO3/c1-16(12-6-7-19-9-12)13-4-3-11(15)8-10(13)2-5-14(17)18/h2-5,8,12H,6-7,9H2,1H3,(H,17,18)/b5-2+. The summed E-state index contributed by atoms with van der Waals surface area (Å²) in [7, 11) is 1.91. The molecule has 0 spiro atoms. The molecule has 0 aromatic heterocycles. The van der Waals surface area contributed by atoms with Crippen LogP contribution in [0.3, 0.4) is 0 Å². The van der Waals surface area contributed by atoms with Crippen molar-refractivity contribution >= 4 is 17.7 Å². The van der Waals surface area contributed by atoms with Crippen molar-refractivity contribution in [1.29, 1.82) is 0 Å². The Bertz CT molecular complexity index is 495. The van der Waals surface area contributed by atoms with Gasteiger partial charge in [-0.15, -0.1) is 0 Å². The van der Waals surface area contributed by atoms with E-state index in [0.29, 0.717) is 12.2 Å². The molecule has 0 aliphatic carbocycles. The van der Waals surface area contributed by atoms with Gasteiger partial charge in [0.05, 0.1) is 12.6 Å². The quantitative estimate of drug-likeness (QED) is 0.847. The Hall–Kier alpha value is -1.88. The van der Waals surface area contributed by atoms with Crippen LogP contribution in [0.1, 0.15) is 12.0 Å². The number of rotatable bonds is 4. The minimum atomic E-state index is -1.05. The van der Waals surface area contributed by atoms with Gasteiger partial charge in [0.25, 0.3) is 0 Å². The van der Waals surface area contributed by atoms with Crippen LogP contribution < -0.4 is 4.90 Å². The summed E-state index contributed by atoms with van der Waals surface area (Å²) in [6.45, 7) is 1.35. The van der Waals surface area contributed by atoms with Crippen molar-refractivity contribution in [3.05, 3.63) is 35.7 Å². The molecule has 1 fully saturated rings. The van der Waals surface area contributed by atoms with E-state index >= 15 is 0 Å². The van der Waals surface area contributed by atoms with Crippen LogP contribution >= 0.6 is 0 Å². The summed E-state index contributed by atoms with van der Waals surface area (Å²) in [5.41, 5.74) is 1.35. The first-order valence-corrected chi connectivity index (χ1v) is 6.09. The highest BCUT2D eigenvalue weighted by Gasteiger charge is 2.21. The molecule has 1 aromatic carbocycles. The minimum absolute atomic E-state index is 0.238. The zero-order valence-electron chi connectivity index (χ0n) is 10.7. The highest BCUT2D eigenvalue weighted by atomic mass is 19.1. The van der Waals surface area contributed by atoms with E-state index in [1.54, 1.807) is 6.07 Å². The van der Waals surface area contributed by atoms with Gasteiger partial charge in [-0.25, -0.2) is 9.18 Å². The molecule has 1 N–H and O–H groups in total. The van der Waals surface area contributed by atoms with Crippen molar-refractivity contribution in [2.75, 3.05) is 25.2 Å². The molecule has 2 rings (SSSR count). The molecule has 19 heavy (non-hydrogen) atoms. The van der Waals surface area contributed by atoms with Gasteiger partial charge in [-0.2, -0.15) is 0 Å². The zero-order chi connectivity index (χ0) is 13.8. The molecule has 1 heterocycles. The average Bonchev–Trinajstić information content (AvgIpc) is 2.89. The van der Waals surface area contributed by atoms with Gasteiger partial charge in [0.2, 0.25) is 0 Å². The maximum atomic E-state index is 13.3. The summed E-state index contributed by atoms with van der Waals surface area (Å²) >= 11 is 0. The Morgan fingerprint density at radius 2 is 2.37 bits per heavy atom. The van der Waals surface area contributed by atoms with Gasteiger partial charge in [-0.1, -0.05) is 0 Å². The summed E-state index contributed by atoms with van der Waals surface area (Å²) in [5.74, 6) is -1.44. The van der Waals surface area contributed by atoms with Crippen molar-refractivity contribution in [3.63, 3.8) is 0 Å². The summed E-state index contributed by atoms with van der Waals surface area (Å²) < 4.78 is 18.6. The van der Waals surface area contributed by atoms with Crippen molar-refractivity contribution in [3.8, 4) is 0 Å². The number of nitrogens with zero attached hydrogens (tertiary/aromatic N) is 1. The zero-order valence-corrected chi connectivity index (χ0v) is 10.7. The maximum absolute atomic E-state index is 13.3. The van der Waals surface area contributed by atoms with Crippen molar-refractivity contribution in [2.45, 2.75) is 12.5 Å². The first kappa shape index (κ1) is 13.5. The third kappa shape index (κ3) is 3.32. The molecule has 0 radical (unpaired) electrons. The highest BCUT2D eigenvalue weighted by Crippen LogP contribution is 2.26. The number of ether oxygens (including phenoxy) is 1. The lowest BCUT2D eigenvalue weighted by Crippen LogP contribution is -2.32. The Balaban J connectivity index is 2.30. The molecule has 1 aromatic rings. The molecule has 1 saturated heterocycles. The molecule has 1 atom stereocenters. The van der Waals surface area contributed by atoms with Crippen LogP contribution in [0.4, 0.5) is 10.1 Å². The summed E-state index contributed by atoms with van der Waals surface area (Å²) in [4.78, 5) is 12.6. The van der Waals surface area contributed by atoms with Gasteiger partial charge >= 0.3 is 5.97 Å². The monoisotopic (exact) mass is 265 g/mol. The SMILES string of the molecule is CN(c1ccc(F)cc1/C=C/C(=O)O)C1CCOC1. The van der Waals surface area contributed by atoms with E-state index < -0.39 is 5.97 Å². The number of hydrogen-bond donors (Lipinski definition) is 1. The Labute approximate surface area is 111 Å². The smallest absolute Gasteiger partial charge is 0.328 e. The van der Waals surface area contributed by atoms with Gasteiger partial charge in [0.1, 0.15) is 5.82 Å². The molecular weight excluding hydrogens is 249 g/mol. The fraction of sp³-hybridized carbons (Fsp3) is 0.357. The van der Waals surface area contributed by atoms with Crippen LogP contribution in [-0.2, 0) is 9.53 Å². The predicted molar refractivity (Wildman–Crippen MR) is 70.7 cm³/mol.